The van der Waals surface area contributed by atoms with Gasteiger partial charge >= 0.3 is 0 Å². The van der Waals surface area contributed by atoms with Crippen LogP contribution in [-0.4, -0.2) is 37.4 Å². The molecule has 0 saturated carbocycles. The summed E-state index contributed by atoms with van der Waals surface area (Å²) < 4.78 is 16.0. The molecule has 0 atom stereocenters. The maximum absolute atomic E-state index is 12.6. The molecule has 5 nitrogen and oxygen atoms in total. The number of hydrogen-bond donors (Lipinski definition) is 0. The first-order chi connectivity index (χ1) is 10.3. The molecular weight excluding hydrogens is 270 g/mol. The third kappa shape index (κ3) is 3.13. The van der Waals surface area contributed by atoms with Crippen LogP contribution in [0.5, 0.6) is 11.5 Å². The molecule has 5 heteroatoms. The maximum atomic E-state index is 12.6. The number of carbonyl (C=O) groups excluding carboxylic acids is 1. The fourth-order valence-corrected chi connectivity index (χ4v) is 2.81. The zero-order valence-electron chi connectivity index (χ0n) is 12.3. The maximum Gasteiger partial charge on any atom is 0.231 e. The van der Waals surface area contributed by atoms with Gasteiger partial charge < -0.3 is 19.1 Å². The average molecular weight is 291 g/mol. The summed E-state index contributed by atoms with van der Waals surface area (Å²) in [6.45, 7) is 5.01. The minimum absolute atomic E-state index is 0.104. The molecule has 2 aliphatic rings. The smallest absolute Gasteiger partial charge is 0.231 e. The fraction of sp³-hybridized carbons (Fsp3) is 0.562. The molecule has 3 rings (SSSR count). The molecule has 1 aromatic carbocycles. The van der Waals surface area contributed by atoms with Gasteiger partial charge in [-0.1, -0.05) is 6.07 Å². The van der Waals surface area contributed by atoms with Gasteiger partial charge in [0.05, 0.1) is 0 Å². The summed E-state index contributed by atoms with van der Waals surface area (Å²) in [6.07, 6.45) is 1.66. The fourth-order valence-electron chi connectivity index (χ4n) is 2.81. The molecule has 0 N–H and O–H groups in total. The van der Waals surface area contributed by atoms with Crippen LogP contribution in [0.2, 0.25) is 0 Å². The minimum atomic E-state index is 0.104. The Labute approximate surface area is 124 Å². The van der Waals surface area contributed by atoms with Gasteiger partial charge in [-0.2, -0.15) is 0 Å². The van der Waals surface area contributed by atoms with Crippen LogP contribution >= 0.6 is 0 Å². The third-order valence-corrected chi connectivity index (χ3v) is 4.07. The Balaban J connectivity index is 1.67. The SMILES string of the molecule is CCN(Cc1ccc2c(c1)OCO2)C(=O)C1CCOCC1. The third-order valence-electron chi connectivity index (χ3n) is 4.07. The molecule has 114 valence electrons. The van der Waals surface area contributed by atoms with Crippen molar-refractivity contribution in [1.29, 1.82) is 0 Å². The zero-order valence-corrected chi connectivity index (χ0v) is 12.3. The van der Waals surface area contributed by atoms with Gasteiger partial charge in [0.1, 0.15) is 0 Å². The number of rotatable bonds is 4. The van der Waals surface area contributed by atoms with E-state index in [4.69, 9.17) is 14.2 Å². The summed E-state index contributed by atoms with van der Waals surface area (Å²) in [4.78, 5) is 14.5. The molecule has 1 saturated heterocycles. The zero-order chi connectivity index (χ0) is 14.7. The second-order valence-corrected chi connectivity index (χ2v) is 5.43. The van der Waals surface area contributed by atoms with Crippen LogP contribution in [0.1, 0.15) is 25.3 Å². The minimum Gasteiger partial charge on any atom is -0.454 e. The number of nitrogens with zero attached hydrogens (tertiary/aromatic N) is 1. The van der Waals surface area contributed by atoms with E-state index >= 15 is 0 Å². The van der Waals surface area contributed by atoms with E-state index in [2.05, 4.69) is 0 Å². The standard InChI is InChI=1S/C16H21NO4/c1-2-17(16(18)13-5-7-19-8-6-13)10-12-3-4-14-15(9-12)21-11-20-14/h3-4,9,13H,2,5-8,10-11H2,1H3. The monoisotopic (exact) mass is 291 g/mol. The van der Waals surface area contributed by atoms with Crippen molar-refractivity contribution in [2.24, 2.45) is 5.92 Å². The van der Waals surface area contributed by atoms with Crippen molar-refractivity contribution in [2.75, 3.05) is 26.6 Å². The number of benzene rings is 1. The Hall–Kier alpha value is -1.75. The van der Waals surface area contributed by atoms with E-state index in [-0.39, 0.29) is 18.6 Å². The predicted molar refractivity (Wildman–Crippen MR) is 77.2 cm³/mol. The number of carbonyl (C=O) groups is 1. The van der Waals surface area contributed by atoms with Crippen molar-refractivity contribution in [3.63, 3.8) is 0 Å². The largest absolute Gasteiger partial charge is 0.454 e. The van der Waals surface area contributed by atoms with E-state index in [1.54, 1.807) is 0 Å². The van der Waals surface area contributed by atoms with Crippen LogP contribution in [0.4, 0.5) is 0 Å². The molecule has 1 aromatic rings. The highest BCUT2D eigenvalue weighted by molar-refractivity contribution is 5.79. The van der Waals surface area contributed by atoms with E-state index in [1.807, 2.05) is 30.0 Å². The summed E-state index contributed by atoms with van der Waals surface area (Å²) in [6, 6.07) is 5.86. The van der Waals surface area contributed by atoms with Gasteiger partial charge in [0, 0.05) is 32.2 Å². The van der Waals surface area contributed by atoms with Crippen LogP contribution in [0.3, 0.4) is 0 Å². The Morgan fingerprint density at radius 3 is 2.76 bits per heavy atom. The summed E-state index contributed by atoms with van der Waals surface area (Å²) >= 11 is 0. The number of amides is 1. The first kappa shape index (κ1) is 14.2. The molecule has 2 aliphatic heterocycles. The van der Waals surface area contributed by atoms with Crippen LogP contribution in [0, 0.1) is 5.92 Å². The number of ether oxygens (including phenoxy) is 3. The van der Waals surface area contributed by atoms with Gasteiger partial charge in [0.25, 0.3) is 0 Å². The molecular formula is C16H21NO4. The number of fused-ring (bicyclic) bond motifs is 1. The predicted octanol–water partition coefficient (Wildman–Crippen LogP) is 2.19. The van der Waals surface area contributed by atoms with Gasteiger partial charge in [0.15, 0.2) is 11.5 Å². The normalized spacial score (nSPS) is 17.8. The van der Waals surface area contributed by atoms with Crippen molar-refractivity contribution in [3.8, 4) is 11.5 Å². The summed E-state index contributed by atoms with van der Waals surface area (Å²) in [5, 5.41) is 0. The van der Waals surface area contributed by atoms with Crippen LogP contribution in [0.15, 0.2) is 18.2 Å². The van der Waals surface area contributed by atoms with Gasteiger partial charge in [-0.25, -0.2) is 0 Å². The van der Waals surface area contributed by atoms with Crippen molar-refractivity contribution in [2.45, 2.75) is 26.3 Å². The molecule has 1 fully saturated rings. The molecule has 0 bridgehead atoms. The Morgan fingerprint density at radius 2 is 2.00 bits per heavy atom. The van der Waals surface area contributed by atoms with E-state index in [0.717, 1.165) is 29.9 Å². The van der Waals surface area contributed by atoms with Crippen LogP contribution < -0.4 is 9.47 Å². The summed E-state index contributed by atoms with van der Waals surface area (Å²) in [5.41, 5.74) is 1.07. The second kappa shape index (κ2) is 6.35. The van der Waals surface area contributed by atoms with Crippen LogP contribution in [-0.2, 0) is 16.1 Å². The second-order valence-electron chi connectivity index (χ2n) is 5.43. The first-order valence-corrected chi connectivity index (χ1v) is 7.53. The quantitative estimate of drug-likeness (QED) is 0.853. The summed E-state index contributed by atoms with van der Waals surface area (Å²) in [7, 11) is 0. The van der Waals surface area contributed by atoms with E-state index in [0.29, 0.717) is 26.3 Å². The molecule has 0 aliphatic carbocycles. The molecule has 0 radical (unpaired) electrons. The molecule has 1 amide bonds. The highest BCUT2D eigenvalue weighted by Crippen LogP contribution is 2.33. The molecule has 0 aromatic heterocycles. The lowest BCUT2D eigenvalue weighted by Gasteiger charge is -2.28. The highest BCUT2D eigenvalue weighted by Gasteiger charge is 2.26. The Kier molecular flexibility index (Phi) is 4.29. The van der Waals surface area contributed by atoms with Crippen molar-refractivity contribution >= 4 is 5.91 Å². The van der Waals surface area contributed by atoms with Crippen molar-refractivity contribution in [3.05, 3.63) is 23.8 Å². The van der Waals surface area contributed by atoms with Crippen LogP contribution in [0.25, 0.3) is 0 Å². The lowest BCUT2D eigenvalue weighted by Crippen LogP contribution is -2.38. The van der Waals surface area contributed by atoms with Gasteiger partial charge in [0.2, 0.25) is 12.7 Å². The Bertz CT molecular complexity index is 511. The average Bonchev–Trinajstić information content (AvgIpc) is 3.00. The molecule has 0 spiro atoms. The molecule has 2 heterocycles. The van der Waals surface area contributed by atoms with E-state index in [9.17, 15) is 4.79 Å². The van der Waals surface area contributed by atoms with Gasteiger partial charge in [-0.15, -0.1) is 0 Å². The van der Waals surface area contributed by atoms with E-state index in [1.165, 1.54) is 0 Å². The highest BCUT2D eigenvalue weighted by atomic mass is 16.7. The molecule has 0 unspecified atom stereocenters. The lowest BCUT2D eigenvalue weighted by molar-refractivity contribution is -0.139. The Morgan fingerprint density at radius 1 is 1.24 bits per heavy atom. The van der Waals surface area contributed by atoms with E-state index < -0.39 is 0 Å². The topological polar surface area (TPSA) is 48.0 Å². The van der Waals surface area contributed by atoms with Gasteiger partial charge in [-0.3, -0.25) is 4.79 Å². The van der Waals surface area contributed by atoms with Crippen molar-refractivity contribution in [1.82, 2.24) is 4.90 Å². The number of hydrogen-bond acceptors (Lipinski definition) is 4. The summed E-state index contributed by atoms with van der Waals surface area (Å²) in [5.74, 6) is 1.88. The molecule has 21 heavy (non-hydrogen) atoms. The van der Waals surface area contributed by atoms with Gasteiger partial charge in [-0.05, 0) is 37.5 Å². The first-order valence-electron chi connectivity index (χ1n) is 7.53. The lowest BCUT2D eigenvalue weighted by atomic mass is 9.98. The van der Waals surface area contributed by atoms with Crippen molar-refractivity contribution < 1.29 is 19.0 Å².